The van der Waals surface area contributed by atoms with Crippen molar-refractivity contribution in [2.24, 2.45) is 5.10 Å². The van der Waals surface area contributed by atoms with Gasteiger partial charge in [0.25, 0.3) is 0 Å². The Morgan fingerprint density at radius 3 is 2.58 bits per heavy atom. The van der Waals surface area contributed by atoms with Crippen molar-refractivity contribution in [1.82, 2.24) is 0 Å². The standard InChI is InChI=1S/C15H16N2O2/c1-11-8-13(19-2)9-15(18)14(11)10-16-17-12-6-4-3-5-7-12/h3-10,17-18H,1-2H3. The molecule has 4 heteroatoms. The van der Waals surface area contributed by atoms with E-state index in [9.17, 15) is 5.11 Å². The van der Waals surface area contributed by atoms with Crippen LogP contribution >= 0.6 is 0 Å². The third kappa shape index (κ3) is 3.25. The van der Waals surface area contributed by atoms with Gasteiger partial charge in [-0.1, -0.05) is 18.2 Å². The molecule has 4 nitrogen and oxygen atoms in total. The fourth-order valence-corrected chi connectivity index (χ4v) is 1.72. The van der Waals surface area contributed by atoms with Gasteiger partial charge < -0.3 is 9.84 Å². The number of ether oxygens (including phenoxy) is 1. The molecule has 2 aromatic carbocycles. The summed E-state index contributed by atoms with van der Waals surface area (Å²) in [5.74, 6) is 0.777. The van der Waals surface area contributed by atoms with E-state index in [2.05, 4.69) is 10.5 Å². The van der Waals surface area contributed by atoms with Crippen LogP contribution in [0.4, 0.5) is 5.69 Å². The van der Waals surface area contributed by atoms with Crippen LogP contribution in [0.1, 0.15) is 11.1 Å². The third-order valence-corrected chi connectivity index (χ3v) is 2.74. The molecular formula is C15H16N2O2. The zero-order valence-corrected chi connectivity index (χ0v) is 10.9. The van der Waals surface area contributed by atoms with E-state index in [0.717, 1.165) is 11.3 Å². The first-order chi connectivity index (χ1) is 9.20. The number of anilines is 1. The molecule has 0 aliphatic heterocycles. The molecule has 0 atom stereocenters. The van der Waals surface area contributed by atoms with Crippen molar-refractivity contribution in [3.05, 3.63) is 53.6 Å². The Morgan fingerprint density at radius 2 is 1.95 bits per heavy atom. The number of hydrogen-bond acceptors (Lipinski definition) is 4. The number of methoxy groups -OCH3 is 1. The van der Waals surface area contributed by atoms with Gasteiger partial charge in [-0.25, -0.2) is 0 Å². The molecule has 0 fully saturated rings. The normalized spacial score (nSPS) is 10.6. The Morgan fingerprint density at radius 1 is 1.21 bits per heavy atom. The van der Waals surface area contributed by atoms with Crippen molar-refractivity contribution in [2.45, 2.75) is 6.92 Å². The van der Waals surface area contributed by atoms with Crippen molar-refractivity contribution in [3.8, 4) is 11.5 Å². The van der Waals surface area contributed by atoms with Gasteiger partial charge in [-0.2, -0.15) is 5.10 Å². The van der Waals surface area contributed by atoms with Gasteiger partial charge in [0.1, 0.15) is 11.5 Å². The monoisotopic (exact) mass is 256 g/mol. The number of phenols is 1. The lowest BCUT2D eigenvalue weighted by Crippen LogP contribution is -1.94. The van der Waals surface area contributed by atoms with E-state index in [0.29, 0.717) is 11.3 Å². The Balaban J connectivity index is 2.15. The van der Waals surface area contributed by atoms with Gasteiger partial charge in [0, 0.05) is 11.6 Å². The lowest BCUT2D eigenvalue weighted by Gasteiger charge is -2.07. The lowest BCUT2D eigenvalue weighted by atomic mass is 10.1. The fourth-order valence-electron chi connectivity index (χ4n) is 1.72. The molecule has 2 aromatic rings. The summed E-state index contributed by atoms with van der Waals surface area (Å²) < 4.78 is 5.08. The zero-order valence-electron chi connectivity index (χ0n) is 10.9. The molecule has 0 unspecified atom stereocenters. The molecule has 0 aliphatic rings. The van der Waals surface area contributed by atoms with Gasteiger partial charge in [-0.3, -0.25) is 5.43 Å². The van der Waals surface area contributed by atoms with Crippen molar-refractivity contribution in [1.29, 1.82) is 0 Å². The second kappa shape index (κ2) is 5.91. The summed E-state index contributed by atoms with van der Waals surface area (Å²) in [5.41, 5.74) is 5.37. The smallest absolute Gasteiger partial charge is 0.128 e. The largest absolute Gasteiger partial charge is 0.507 e. The molecule has 0 aliphatic carbocycles. The summed E-state index contributed by atoms with van der Waals surface area (Å²) in [6.45, 7) is 1.89. The summed E-state index contributed by atoms with van der Waals surface area (Å²) in [5, 5.41) is 14.0. The number of para-hydroxylation sites is 1. The van der Waals surface area contributed by atoms with Gasteiger partial charge >= 0.3 is 0 Å². The maximum absolute atomic E-state index is 9.90. The summed E-state index contributed by atoms with van der Waals surface area (Å²) in [4.78, 5) is 0. The highest BCUT2D eigenvalue weighted by Crippen LogP contribution is 2.25. The van der Waals surface area contributed by atoms with Gasteiger partial charge in [0.2, 0.25) is 0 Å². The maximum Gasteiger partial charge on any atom is 0.128 e. The Kier molecular flexibility index (Phi) is 4.03. The lowest BCUT2D eigenvalue weighted by molar-refractivity contribution is 0.407. The minimum Gasteiger partial charge on any atom is -0.507 e. The number of hydrazone groups is 1. The molecule has 0 heterocycles. The van der Waals surface area contributed by atoms with E-state index >= 15 is 0 Å². The summed E-state index contributed by atoms with van der Waals surface area (Å²) in [6, 6.07) is 13.0. The molecule has 0 amide bonds. The van der Waals surface area contributed by atoms with Crippen LogP contribution in [0.2, 0.25) is 0 Å². The molecule has 19 heavy (non-hydrogen) atoms. The molecule has 0 saturated heterocycles. The van der Waals surface area contributed by atoms with Crippen molar-refractivity contribution in [2.75, 3.05) is 12.5 Å². The molecule has 2 N–H and O–H groups in total. The van der Waals surface area contributed by atoms with E-state index in [1.54, 1.807) is 19.4 Å². The van der Waals surface area contributed by atoms with Crippen molar-refractivity contribution in [3.63, 3.8) is 0 Å². The van der Waals surface area contributed by atoms with E-state index in [4.69, 9.17) is 4.74 Å². The quantitative estimate of drug-likeness (QED) is 0.652. The number of hydrogen-bond donors (Lipinski definition) is 2. The predicted molar refractivity (Wildman–Crippen MR) is 77.1 cm³/mol. The van der Waals surface area contributed by atoms with E-state index in [1.165, 1.54) is 0 Å². The summed E-state index contributed by atoms with van der Waals surface area (Å²) >= 11 is 0. The molecule has 0 radical (unpaired) electrons. The van der Waals surface area contributed by atoms with Crippen molar-refractivity contribution < 1.29 is 9.84 Å². The Hall–Kier alpha value is -2.49. The minimum absolute atomic E-state index is 0.149. The van der Waals surface area contributed by atoms with Crippen LogP contribution in [-0.2, 0) is 0 Å². The molecule has 98 valence electrons. The fraction of sp³-hybridized carbons (Fsp3) is 0.133. The molecule has 0 aromatic heterocycles. The number of nitrogens with one attached hydrogen (secondary N) is 1. The second-order valence-corrected chi connectivity index (χ2v) is 4.11. The first kappa shape index (κ1) is 13.0. The van der Waals surface area contributed by atoms with E-state index in [-0.39, 0.29) is 5.75 Å². The van der Waals surface area contributed by atoms with Crippen LogP contribution in [-0.4, -0.2) is 18.4 Å². The number of aromatic hydroxyl groups is 1. The van der Waals surface area contributed by atoms with Crippen LogP contribution in [0.15, 0.2) is 47.6 Å². The van der Waals surface area contributed by atoms with Crippen molar-refractivity contribution >= 4 is 11.9 Å². The number of nitrogens with zero attached hydrogens (tertiary/aromatic N) is 1. The summed E-state index contributed by atoms with van der Waals surface area (Å²) in [7, 11) is 1.57. The average Bonchev–Trinajstić information content (AvgIpc) is 2.42. The highest BCUT2D eigenvalue weighted by Gasteiger charge is 2.05. The number of benzene rings is 2. The Labute approximate surface area is 112 Å². The highest BCUT2D eigenvalue weighted by atomic mass is 16.5. The average molecular weight is 256 g/mol. The van der Waals surface area contributed by atoms with Crippen LogP contribution < -0.4 is 10.2 Å². The van der Waals surface area contributed by atoms with Gasteiger partial charge in [0.15, 0.2) is 0 Å². The van der Waals surface area contributed by atoms with Crippen LogP contribution in [0, 0.1) is 6.92 Å². The molecule has 0 spiro atoms. The Bertz CT molecular complexity index is 557. The van der Waals surface area contributed by atoms with E-state index < -0.39 is 0 Å². The minimum atomic E-state index is 0.149. The number of rotatable bonds is 4. The maximum atomic E-state index is 9.90. The molecule has 0 bridgehead atoms. The van der Waals surface area contributed by atoms with Gasteiger partial charge in [0.05, 0.1) is 19.0 Å². The van der Waals surface area contributed by atoms with Crippen LogP contribution in [0.3, 0.4) is 0 Å². The first-order valence-electron chi connectivity index (χ1n) is 5.92. The molecule has 0 saturated carbocycles. The van der Waals surface area contributed by atoms with Crippen LogP contribution in [0.25, 0.3) is 0 Å². The zero-order chi connectivity index (χ0) is 13.7. The first-order valence-corrected chi connectivity index (χ1v) is 5.92. The summed E-state index contributed by atoms with van der Waals surface area (Å²) in [6.07, 6.45) is 1.59. The van der Waals surface area contributed by atoms with Gasteiger partial charge in [-0.05, 0) is 30.7 Å². The molecular weight excluding hydrogens is 240 g/mol. The van der Waals surface area contributed by atoms with E-state index in [1.807, 2.05) is 43.3 Å². The third-order valence-electron chi connectivity index (χ3n) is 2.74. The second-order valence-electron chi connectivity index (χ2n) is 4.11. The number of aryl methyl sites for hydroxylation is 1. The van der Waals surface area contributed by atoms with Gasteiger partial charge in [-0.15, -0.1) is 0 Å². The predicted octanol–water partition coefficient (Wildman–Crippen LogP) is 3.16. The highest BCUT2D eigenvalue weighted by molar-refractivity contribution is 5.86. The van der Waals surface area contributed by atoms with Crippen LogP contribution in [0.5, 0.6) is 11.5 Å². The SMILES string of the molecule is COc1cc(C)c(C=NNc2ccccc2)c(O)c1. The number of phenolic OH excluding ortho intramolecular Hbond substituents is 1. The topological polar surface area (TPSA) is 53.8 Å². The molecule has 2 rings (SSSR count).